The fraction of sp³-hybridized carbons (Fsp3) is 0.833. The number of hydrogen-bond donors (Lipinski definition) is 1. The van der Waals surface area contributed by atoms with Crippen LogP contribution in [0.1, 0.15) is 27.2 Å². The molecular formula is C12H19N3O. The minimum Gasteiger partial charge on any atom is -0.325 e. The van der Waals surface area contributed by atoms with Gasteiger partial charge in [-0.05, 0) is 23.7 Å². The second-order valence-electron chi connectivity index (χ2n) is 6.07. The number of carbonyl (C=O) groups excluding carboxylic acids is 1. The molecule has 2 aliphatic rings. The molecule has 88 valence electrons. The maximum atomic E-state index is 12.2. The number of carbonyl (C=O) groups is 1. The molecule has 16 heavy (non-hydrogen) atoms. The summed E-state index contributed by atoms with van der Waals surface area (Å²) in [6, 6.07) is 1.50. The second kappa shape index (κ2) is 3.46. The Labute approximate surface area is 96.4 Å². The summed E-state index contributed by atoms with van der Waals surface area (Å²) < 4.78 is 0. The number of nitriles is 1. The lowest BCUT2D eigenvalue weighted by Gasteiger charge is -2.32. The first-order valence-electron chi connectivity index (χ1n) is 5.82. The van der Waals surface area contributed by atoms with Crippen LogP contribution in [-0.2, 0) is 4.79 Å². The van der Waals surface area contributed by atoms with E-state index in [4.69, 9.17) is 11.0 Å². The van der Waals surface area contributed by atoms with Gasteiger partial charge in [0.2, 0.25) is 5.91 Å². The van der Waals surface area contributed by atoms with Crippen LogP contribution in [0, 0.1) is 28.6 Å². The number of amides is 1. The summed E-state index contributed by atoms with van der Waals surface area (Å²) in [4.78, 5) is 13.9. The van der Waals surface area contributed by atoms with Gasteiger partial charge < -0.3 is 10.6 Å². The molecule has 0 aromatic heterocycles. The zero-order chi connectivity index (χ0) is 12.1. The Balaban J connectivity index is 2.09. The van der Waals surface area contributed by atoms with Crippen molar-refractivity contribution in [2.24, 2.45) is 23.0 Å². The fourth-order valence-electron chi connectivity index (χ4n) is 2.41. The summed E-state index contributed by atoms with van der Waals surface area (Å²) in [5.74, 6) is 0.910. The van der Waals surface area contributed by atoms with Gasteiger partial charge in [-0.15, -0.1) is 0 Å². The van der Waals surface area contributed by atoms with Crippen molar-refractivity contribution in [3.05, 3.63) is 0 Å². The van der Waals surface area contributed by atoms with Crippen LogP contribution in [0.25, 0.3) is 0 Å². The predicted octanol–water partition coefficient (Wildman–Crippen LogP) is 0.730. The van der Waals surface area contributed by atoms with Crippen LogP contribution in [0.4, 0.5) is 0 Å². The number of piperidine rings is 1. The van der Waals surface area contributed by atoms with E-state index < -0.39 is 6.04 Å². The lowest BCUT2D eigenvalue weighted by atomic mass is 9.86. The van der Waals surface area contributed by atoms with Crippen LogP contribution in [-0.4, -0.2) is 29.4 Å². The topological polar surface area (TPSA) is 70.1 Å². The standard InChI is InChI=1S/C12H19N3O/c1-12(2,3)10(14)11(16)15-6-7-4-8(7)9(15)5-13/h7-10H,4,6,14H2,1-3H3/t7?,8?,9-,10?/m1/s1. The molecule has 2 fully saturated rings. The van der Waals surface area contributed by atoms with E-state index >= 15 is 0 Å². The Morgan fingerprint density at radius 2 is 2.19 bits per heavy atom. The van der Waals surface area contributed by atoms with E-state index in [1.807, 2.05) is 20.8 Å². The molecule has 0 aromatic carbocycles. The van der Waals surface area contributed by atoms with Crippen molar-refractivity contribution in [1.29, 1.82) is 5.26 Å². The van der Waals surface area contributed by atoms with E-state index in [1.54, 1.807) is 4.90 Å². The Hall–Kier alpha value is -1.08. The van der Waals surface area contributed by atoms with Crippen LogP contribution >= 0.6 is 0 Å². The van der Waals surface area contributed by atoms with Gasteiger partial charge in [-0.3, -0.25) is 4.79 Å². The van der Waals surface area contributed by atoms with Crippen LogP contribution in [0.2, 0.25) is 0 Å². The molecule has 2 rings (SSSR count). The molecule has 1 aliphatic heterocycles. The van der Waals surface area contributed by atoms with Gasteiger partial charge in [0, 0.05) is 6.54 Å². The van der Waals surface area contributed by atoms with Crippen molar-refractivity contribution < 1.29 is 4.79 Å². The molecule has 0 radical (unpaired) electrons. The summed E-state index contributed by atoms with van der Waals surface area (Å²) in [6.45, 7) is 6.58. The second-order valence-corrected chi connectivity index (χ2v) is 6.07. The van der Waals surface area contributed by atoms with Crippen LogP contribution < -0.4 is 5.73 Å². The SMILES string of the molecule is CC(C)(C)C(N)C(=O)N1CC2CC2[C@H]1C#N. The normalized spacial score (nSPS) is 34.2. The molecule has 1 heterocycles. The van der Waals surface area contributed by atoms with Gasteiger partial charge in [-0.2, -0.15) is 5.26 Å². The zero-order valence-corrected chi connectivity index (χ0v) is 10.1. The van der Waals surface area contributed by atoms with E-state index in [-0.39, 0.29) is 17.4 Å². The monoisotopic (exact) mass is 221 g/mol. The number of likely N-dealkylation sites (tertiary alicyclic amines) is 1. The van der Waals surface area contributed by atoms with Crippen molar-refractivity contribution in [3.63, 3.8) is 0 Å². The fourth-order valence-corrected chi connectivity index (χ4v) is 2.41. The lowest BCUT2D eigenvalue weighted by molar-refractivity contribution is -0.135. The van der Waals surface area contributed by atoms with Gasteiger partial charge >= 0.3 is 0 Å². The molecule has 0 aromatic rings. The van der Waals surface area contributed by atoms with Gasteiger partial charge in [0.05, 0.1) is 12.1 Å². The largest absolute Gasteiger partial charge is 0.325 e. The molecule has 0 bridgehead atoms. The third kappa shape index (κ3) is 1.69. The molecule has 1 aliphatic carbocycles. The molecule has 4 atom stereocenters. The summed E-state index contributed by atoms with van der Waals surface area (Å²) >= 11 is 0. The number of nitrogens with zero attached hydrogens (tertiary/aromatic N) is 2. The number of hydrogen-bond acceptors (Lipinski definition) is 3. The average Bonchev–Trinajstić information content (AvgIpc) is 2.87. The Morgan fingerprint density at radius 1 is 1.56 bits per heavy atom. The molecule has 0 spiro atoms. The molecule has 1 amide bonds. The summed E-state index contributed by atoms with van der Waals surface area (Å²) in [6.07, 6.45) is 1.10. The first kappa shape index (κ1) is 11.4. The molecule has 4 nitrogen and oxygen atoms in total. The molecule has 4 heteroatoms. The van der Waals surface area contributed by atoms with Crippen molar-refractivity contribution in [1.82, 2.24) is 4.90 Å². The van der Waals surface area contributed by atoms with Gasteiger partial charge in [-0.1, -0.05) is 20.8 Å². The zero-order valence-electron chi connectivity index (χ0n) is 10.1. The Bertz CT molecular complexity index is 352. The highest BCUT2D eigenvalue weighted by Gasteiger charge is 2.55. The van der Waals surface area contributed by atoms with Gasteiger partial charge in [0.25, 0.3) is 0 Å². The number of fused-ring (bicyclic) bond motifs is 1. The molecule has 2 N–H and O–H groups in total. The van der Waals surface area contributed by atoms with Crippen LogP contribution in [0.15, 0.2) is 0 Å². The quantitative estimate of drug-likeness (QED) is 0.709. The summed E-state index contributed by atoms with van der Waals surface area (Å²) in [5.41, 5.74) is 5.70. The van der Waals surface area contributed by atoms with Gasteiger partial charge in [-0.25, -0.2) is 0 Å². The van der Waals surface area contributed by atoms with Crippen LogP contribution in [0.3, 0.4) is 0 Å². The summed E-state index contributed by atoms with van der Waals surface area (Å²) in [5, 5.41) is 9.08. The Morgan fingerprint density at radius 3 is 2.69 bits per heavy atom. The van der Waals surface area contributed by atoms with E-state index in [1.165, 1.54) is 0 Å². The smallest absolute Gasteiger partial charge is 0.241 e. The van der Waals surface area contributed by atoms with E-state index in [2.05, 4.69) is 6.07 Å². The third-order valence-electron chi connectivity index (χ3n) is 3.76. The van der Waals surface area contributed by atoms with E-state index in [0.29, 0.717) is 11.8 Å². The van der Waals surface area contributed by atoms with E-state index in [0.717, 1.165) is 13.0 Å². The average molecular weight is 221 g/mol. The van der Waals surface area contributed by atoms with Crippen LogP contribution in [0.5, 0.6) is 0 Å². The molecule has 1 saturated heterocycles. The highest BCUT2D eigenvalue weighted by molar-refractivity contribution is 5.83. The molecular weight excluding hydrogens is 202 g/mol. The Kier molecular flexibility index (Phi) is 2.47. The third-order valence-corrected chi connectivity index (χ3v) is 3.76. The molecule has 1 saturated carbocycles. The highest BCUT2D eigenvalue weighted by Crippen LogP contribution is 2.49. The van der Waals surface area contributed by atoms with Crippen molar-refractivity contribution in [2.75, 3.05) is 6.54 Å². The minimum absolute atomic E-state index is 0.0637. The minimum atomic E-state index is -0.513. The first-order chi connectivity index (χ1) is 7.36. The maximum absolute atomic E-state index is 12.2. The predicted molar refractivity (Wildman–Crippen MR) is 60.1 cm³/mol. The van der Waals surface area contributed by atoms with Crippen molar-refractivity contribution >= 4 is 5.91 Å². The van der Waals surface area contributed by atoms with Crippen molar-refractivity contribution in [2.45, 2.75) is 39.3 Å². The van der Waals surface area contributed by atoms with Gasteiger partial charge in [0.1, 0.15) is 6.04 Å². The first-order valence-corrected chi connectivity index (χ1v) is 5.82. The number of rotatable bonds is 1. The van der Waals surface area contributed by atoms with Crippen molar-refractivity contribution in [3.8, 4) is 6.07 Å². The maximum Gasteiger partial charge on any atom is 0.241 e. The lowest BCUT2D eigenvalue weighted by Crippen LogP contribution is -2.52. The van der Waals surface area contributed by atoms with Gasteiger partial charge in [0.15, 0.2) is 0 Å². The molecule has 3 unspecified atom stereocenters. The highest BCUT2D eigenvalue weighted by atomic mass is 16.2. The van der Waals surface area contributed by atoms with E-state index in [9.17, 15) is 4.79 Å². The summed E-state index contributed by atoms with van der Waals surface area (Å²) in [7, 11) is 0. The number of nitrogens with two attached hydrogens (primary N) is 1.